The quantitative estimate of drug-likeness (QED) is 0.857. The highest BCUT2D eigenvalue weighted by molar-refractivity contribution is 5.45. The first-order chi connectivity index (χ1) is 11.2. The molecule has 0 saturated carbocycles. The third-order valence-electron chi connectivity index (χ3n) is 4.25. The van der Waals surface area contributed by atoms with Crippen LogP contribution in [0.2, 0.25) is 0 Å². The summed E-state index contributed by atoms with van der Waals surface area (Å²) in [5.74, 6) is 6.38. The van der Waals surface area contributed by atoms with Crippen LogP contribution in [0, 0.1) is 11.8 Å². The number of aromatic hydroxyl groups is 1. The van der Waals surface area contributed by atoms with Gasteiger partial charge in [-0.25, -0.2) is 0 Å². The Morgan fingerprint density at radius 2 is 1.52 bits per heavy atom. The van der Waals surface area contributed by atoms with E-state index < -0.39 is 5.60 Å². The van der Waals surface area contributed by atoms with E-state index in [1.807, 2.05) is 30.3 Å². The van der Waals surface area contributed by atoms with Crippen molar-refractivity contribution >= 4 is 0 Å². The largest absolute Gasteiger partial charge is 0.508 e. The van der Waals surface area contributed by atoms with Gasteiger partial charge in [0.1, 0.15) is 5.75 Å². The molecule has 0 aromatic heterocycles. The van der Waals surface area contributed by atoms with Gasteiger partial charge in [-0.2, -0.15) is 0 Å². The van der Waals surface area contributed by atoms with E-state index in [4.69, 9.17) is 0 Å². The first-order valence-corrected chi connectivity index (χ1v) is 7.98. The zero-order valence-electron chi connectivity index (χ0n) is 13.1. The van der Waals surface area contributed by atoms with E-state index in [9.17, 15) is 10.2 Å². The lowest BCUT2D eigenvalue weighted by Crippen LogP contribution is -2.26. The van der Waals surface area contributed by atoms with Crippen LogP contribution in [0.3, 0.4) is 0 Å². The molecule has 3 nitrogen and oxygen atoms in total. The highest BCUT2D eigenvalue weighted by atomic mass is 16.3. The molecule has 2 aromatic carbocycles. The number of phenolic OH excluding ortho intramolecular Hbond substituents is 1. The van der Waals surface area contributed by atoms with E-state index in [0.29, 0.717) is 12.1 Å². The van der Waals surface area contributed by atoms with Crippen molar-refractivity contribution in [3.8, 4) is 17.6 Å². The standard InChI is InChI=1S/C20H21NO2/c22-19-11-9-18(10-12-19)20(23,17-7-2-1-3-8-17)13-6-16-21-14-4-5-15-21/h1-3,7-12,22-23H,4-5,14-16H2. The fourth-order valence-electron chi connectivity index (χ4n) is 2.91. The number of hydrogen-bond acceptors (Lipinski definition) is 3. The molecule has 1 fully saturated rings. The molecular weight excluding hydrogens is 286 g/mol. The van der Waals surface area contributed by atoms with Crippen molar-refractivity contribution in [2.24, 2.45) is 0 Å². The fourth-order valence-corrected chi connectivity index (χ4v) is 2.91. The van der Waals surface area contributed by atoms with Crippen LogP contribution in [-0.2, 0) is 5.60 Å². The van der Waals surface area contributed by atoms with Crippen molar-refractivity contribution < 1.29 is 10.2 Å². The molecule has 1 heterocycles. The van der Waals surface area contributed by atoms with Gasteiger partial charge in [-0.3, -0.25) is 4.90 Å². The summed E-state index contributed by atoms with van der Waals surface area (Å²) in [6, 6.07) is 16.0. The van der Waals surface area contributed by atoms with Crippen molar-refractivity contribution in [1.29, 1.82) is 0 Å². The third kappa shape index (κ3) is 3.56. The molecule has 1 saturated heterocycles. The maximum atomic E-state index is 11.2. The molecule has 0 amide bonds. The van der Waals surface area contributed by atoms with Crippen LogP contribution in [0.1, 0.15) is 24.0 Å². The topological polar surface area (TPSA) is 43.7 Å². The van der Waals surface area contributed by atoms with Gasteiger partial charge in [0.25, 0.3) is 0 Å². The monoisotopic (exact) mass is 307 g/mol. The molecule has 1 atom stereocenters. The van der Waals surface area contributed by atoms with Gasteiger partial charge in [-0.05, 0) is 38.1 Å². The Balaban J connectivity index is 1.93. The zero-order valence-corrected chi connectivity index (χ0v) is 13.1. The molecule has 2 N–H and O–H groups in total. The van der Waals surface area contributed by atoms with Crippen molar-refractivity contribution in [2.45, 2.75) is 18.4 Å². The third-order valence-corrected chi connectivity index (χ3v) is 4.25. The molecule has 0 aliphatic carbocycles. The Morgan fingerprint density at radius 3 is 2.17 bits per heavy atom. The maximum absolute atomic E-state index is 11.2. The van der Waals surface area contributed by atoms with Gasteiger partial charge < -0.3 is 10.2 Å². The number of aliphatic hydroxyl groups is 1. The van der Waals surface area contributed by atoms with E-state index in [0.717, 1.165) is 18.7 Å². The van der Waals surface area contributed by atoms with Crippen molar-refractivity contribution in [1.82, 2.24) is 4.90 Å². The summed E-state index contributed by atoms with van der Waals surface area (Å²) >= 11 is 0. The Bertz CT molecular complexity index is 694. The number of benzene rings is 2. The van der Waals surface area contributed by atoms with Crippen LogP contribution in [0.4, 0.5) is 0 Å². The Labute approximate surface area is 137 Å². The molecule has 118 valence electrons. The predicted octanol–water partition coefficient (Wildman–Crippen LogP) is 2.73. The molecule has 0 radical (unpaired) electrons. The normalized spacial score (nSPS) is 17.3. The number of rotatable bonds is 3. The lowest BCUT2D eigenvalue weighted by Gasteiger charge is -2.24. The summed E-state index contributed by atoms with van der Waals surface area (Å²) in [7, 11) is 0. The lowest BCUT2D eigenvalue weighted by atomic mass is 9.87. The number of nitrogens with zero attached hydrogens (tertiary/aromatic N) is 1. The van der Waals surface area contributed by atoms with Crippen LogP contribution in [-0.4, -0.2) is 34.7 Å². The Morgan fingerprint density at radius 1 is 0.913 bits per heavy atom. The van der Waals surface area contributed by atoms with Gasteiger partial charge in [0, 0.05) is 11.1 Å². The van der Waals surface area contributed by atoms with E-state index in [2.05, 4.69) is 16.7 Å². The summed E-state index contributed by atoms with van der Waals surface area (Å²) in [5, 5.41) is 20.7. The van der Waals surface area contributed by atoms with E-state index in [1.54, 1.807) is 24.3 Å². The SMILES string of the molecule is Oc1ccc(C(O)(C#CCN2CCCC2)c2ccccc2)cc1. The molecule has 3 heteroatoms. The molecule has 2 aromatic rings. The van der Waals surface area contributed by atoms with E-state index >= 15 is 0 Å². The summed E-state index contributed by atoms with van der Waals surface area (Å²) < 4.78 is 0. The average Bonchev–Trinajstić information content (AvgIpc) is 3.09. The highest BCUT2D eigenvalue weighted by Crippen LogP contribution is 2.30. The van der Waals surface area contributed by atoms with Gasteiger partial charge in [0.2, 0.25) is 0 Å². The lowest BCUT2D eigenvalue weighted by molar-refractivity contribution is 0.145. The van der Waals surface area contributed by atoms with Gasteiger partial charge in [0.15, 0.2) is 5.60 Å². The Hall–Kier alpha value is -2.28. The van der Waals surface area contributed by atoms with E-state index in [-0.39, 0.29) is 5.75 Å². The van der Waals surface area contributed by atoms with Gasteiger partial charge in [-0.15, -0.1) is 0 Å². The highest BCUT2D eigenvalue weighted by Gasteiger charge is 2.29. The minimum atomic E-state index is -1.37. The molecule has 1 unspecified atom stereocenters. The van der Waals surface area contributed by atoms with Crippen LogP contribution >= 0.6 is 0 Å². The summed E-state index contributed by atoms with van der Waals surface area (Å²) in [4.78, 5) is 2.30. The van der Waals surface area contributed by atoms with Crippen LogP contribution in [0.15, 0.2) is 54.6 Å². The average molecular weight is 307 g/mol. The predicted molar refractivity (Wildman–Crippen MR) is 91.0 cm³/mol. The second-order valence-corrected chi connectivity index (χ2v) is 5.91. The summed E-state index contributed by atoms with van der Waals surface area (Å²) in [5.41, 5.74) is 0.0318. The number of likely N-dealkylation sites (tertiary alicyclic amines) is 1. The summed E-state index contributed by atoms with van der Waals surface area (Å²) in [6.07, 6.45) is 2.45. The second kappa shape index (κ2) is 6.87. The molecule has 0 bridgehead atoms. The van der Waals surface area contributed by atoms with Crippen LogP contribution in [0.25, 0.3) is 0 Å². The Kier molecular flexibility index (Phi) is 4.66. The molecular formula is C20H21NO2. The van der Waals surface area contributed by atoms with Crippen molar-refractivity contribution in [3.05, 3.63) is 65.7 Å². The fraction of sp³-hybridized carbons (Fsp3) is 0.300. The summed E-state index contributed by atoms with van der Waals surface area (Å²) in [6.45, 7) is 2.84. The molecule has 1 aliphatic rings. The van der Waals surface area contributed by atoms with Crippen molar-refractivity contribution in [2.75, 3.05) is 19.6 Å². The van der Waals surface area contributed by atoms with Crippen molar-refractivity contribution in [3.63, 3.8) is 0 Å². The van der Waals surface area contributed by atoms with Gasteiger partial charge in [0.05, 0.1) is 6.54 Å². The first kappa shape index (κ1) is 15.6. The first-order valence-electron chi connectivity index (χ1n) is 7.98. The number of phenols is 1. The van der Waals surface area contributed by atoms with Gasteiger partial charge >= 0.3 is 0 Å². The maximum Gasteiger partial charge on any atom is 0.176 e. The molecule has 0 spiro atoms. The molecule has 1 aliphatic heterocycles. The van der Waals surface area contributed by atoms with Crippen LogP contribution < -0.4 is 0 Å². The van der Waals surface area contributed by atoms with E-state index in [1.165, 1.54) is 12.8 Å². The molecule has 23 heavy (non-hydrogen) atoms. The number of hydrogen-bond donors (Lipinski definition) is 2. The second-order valence-electron chi connectivity index (χ2n) is 5.91. The smallest absolute Gasteiger partial charge is 0.176 e. The zero-order chi connectivity index (χ0) is 16.1. The van der Waals surface area contributed by atoms with Crippen LogP contribution in [0.5, 0.6) is 5.75 Å². The minimum Gasteiger partial charge on any atom is -0.508 e. The minimum absolute atomic E-state index is 0.175. The molecule has 3 rings (SSSR count). The van der Waals surface area contributed by atoms with Gasteiger partial charge in [-0.1, -0.05) is 54.3 Å².